The number of carbonyl (C=O) groups is 2. The molecule has 0 spiro atoms. The number of hydrogen-bond acceptors (Lipinski definition) is 3. The first kappa shape index (κ1) is 18.3. The number of nitrogens with zero attached hydrogens (tertiary/aromatic N) is 1. The highest BCUT2D eigenvalue weighted by Gasteiger charge is 2.23. The maximum Gasteiger partial charge on any atom is 0.227 e. The third kappa shape index (κ3) is 5.24. The van der Waals surface area contributed by atoms with E-state index in [9.17, 15) is 9.59 Å². The minimum absolute atomic E-state index is 0.0265. The highest BCUT2D eigenvalue weighted by atomic mass is 32.2. The summed E-state index contributed by atoms with van der Waals surface area (Å²) in [4.78, 5) is 27.8. The fraction of sp³-hybridized carbons (Fsp3) is 0.600. The van der Waals surface area contributed by atoms with Gasteiger partial charge in [-0.15, -0.1) is 11.8 Å². The molecule has 25 heavy (non-hydrogen) atoms. The number of benzene rings is 1. The second kappa shape index (κ2) is 9.27. The molecule has 1 fully saturated rings. The molecule has 1 aliphatic heterocycles. The zero-order valence-electron chi connectivity index (χ0n) is 14.8. The lowest BCUT2D eigenvalue weighted by molar-refractivity contribution is -0.125. The van der Waals surface area contributed by atoms with E-state index in [4.69, 9.17) is 0 Å². The summed E-state index contributed by atoms with van der Waals surface area (Å²) in [5, 5.41) is 3.15. The van der Waals surface area contributed by atoms with E-state index in [2.05, 4.69) is 11.4 Å². The van der Waals surface area contributed by atoms with Gasteiger partial charge in [0.2, 0.25) is 11.8 Å². The van der Waals surface area contributed by atoms with Gasteiger partial charge >= 0.3 is 0 Å². The molecule has 0 atom stereocenters. The first-order chi connectivity index (χ1) is 12.2. The monoisotopic (exact) mass is 360 g/mol. The molecule has 1 aromatic carbocycles. The van der Waals surface area contributed by atoms with Crippen molar-refractivity contribution in [3.63, 3.8) is 0 Å². The molecule has 0 saturated heterocycles. The Kier molecular flexibility index (Phi) is 6.79. The zero-order valence-corrected chi connectivity index (χ0v) is 15.7. The number of fused-ring (bicyclic) bond motifs is 1. The average Bonchev–Trinajstić information content (AvgIpc) is 2.61. The standard InChI is InChI=1S/C20H28N2O2S/c23-19(21-16-8-4-2-1-3-5-9-16)12-13-20(24)22-14-15-25-18-11-7-6-10-17(18)22/h6-7,10-11,16H,1-5,8-9,12-15H2,(H,21,23). The Hall–Kier alpha value is -1.49. The minimum atomic E-state index is 0.0265. The van der Waals surface area contributed by atoms with Crippen LogP contribution in [0.15, 0.2) is 29.2 Å². The van der Waals surface area contributed by atoms with Crippen LogP contribution >= 0.6 is 11.8 Å². The first-order valence-electron chi connectivity index (χ1n) is 9.55. The molecule has 0 aromatic heterocycles. The lowest BCUT2D eigenvalue weighted by Gasteiger charge is -2.29. The molecule has 4 nitrogen and oxygen atoms in total. The average molecular weight is 361 g/mol. The molecule has 2 aliphatic rings. The van der Waals surface area contributed by atoms with Crippen LogP contribution in [0.2, 0.25) is 0 Å². The second-order valence-corrected chi connectivity index (χ2v) is 8.11. The largest absolute Gasteiger partial charge is 0.353 e. The minimum Gasteiger partial charge on any atom is -0.353 e. The van der Waals surface area contributed by atoms with Gasteiger partial charge in [0.25, 0.3) is 0 Å². The summed E-state index contributed by atoms with van der Waals surface area (Å²) in [6.07, 6.45) is 9.02. The molecule has 1 heterocycles. The van der Waals surface area contributed by atoms with Crippen molar-refractivity contribution in [2.45, 2.75) is 68.7 Å². The van der Waals surface area contributed by atoms with Gasteiger partial charge in [-0.1, -0.05) is 44.2 Å². The molecule has 3 rings (SSSR count). The van der Waals surface area contributed by atoms with E-state index in [0.29, 0.717) is 12.5 Å². The summed E-state index contributed by atoms with van der Waals surface area (Å²) in [6, 6.07) is 8.32. The predicted molar refractivity (Wildman–Crippen MR) is 103 cm³/mol. The van der Waals surface area contributed by atoms with Gasteiger partial charge < -0.3 is 10.2 Å². The number of anilines is 1. The van der Waals surface area contributed by atoms with Gasteiger partial charge in [0.1, 0.15) is 0 Å². The van der Waals surface area contributed by atoms with Crippen molar-refractivity contribution < 1.29 is 9.59 Å². The molecule has 0 unspecified atom stereocenters. The fourth-order valence-corrected chi connectivity index (χ4v) is 4.68. The number of nitrogens with one attached hydrogen (secondary N) is 1. The summed E-state index contributed by atoms with van der Waals surface area (Å²) < 4.78 is 0. The number of thioether (sulfide) groups is 1. The molecule has 136 valence electrons. The summed E-state index contributed by atoms with van der Waals surface area (Å²) in [5.41, 5.74) is 0.990. The van der Waals surface area contributed by atoms with Crippen LogP contribution in [0.25, 0.3) is 0 Å². The van der Waals surface area contributed by atoms with Crippen molar-refractivity contribution in [1.29, 1.82) is 0 Å². The Morgan fingerprint density at radius 1 is 1.04 bits per heavy atom. The van der Waals surface area contributed by atoms with Crippen LogP contribution < -0.4 is 10.2 Å². The van der Waals surface area contributed by atoms with Crippen LogP contribution in [0.4, 0.5) is 5.69 Å². The zero-order chi connectivity index (χ0) is 17.5. The summed E-state index contributed by atoms with van der Waals surface area (Å²) >= 11 is 1.79. The van der Waals surface area contributed by atoms with Gasteiger partial charge in [0.05, 0.1) is 5.69 Å². The number of hydrogen-bond donors (Lipinski definition) is 1. The Morgan fingerprint density at radius 3 is 2.56 bits per heavy atom. The summed E-state index contributed by atoms with van der Waals surface area (Å²) in [5.74, 6) is 0.996. The van der Waals surface area contributed by atoms with Gasteiger partial charge in [-0.25, -0.2) is 0 Å². The third-order valence-corrected chi connectivity index (χ3v) is 6.11. The van der Waals surface area contributed by atoms with Crippen LogP contribution in [-0.2, 0) is 9.59 Å². The van der Waals surface area contributed by atoms with E-state index < -0.39 is 0 Å². The van der Waals surface area contributed by atoms with Crippen molar-refractivity contribution in [3.05, 3.63) is 24.3 Å². The number of rotatable bonds is 4. The number of carbonyl (C=O) groups excluding carboxylic acids is 2. The van der Waals surface area contributed by atoms with Crippen LogP contribution in [-0.4, -0.2) is 30.2 Å². The maximum atomic E-state index is 12.6. The molecular formula is C20H28N2O2S. The Bertz CT molecular complexity index is 597. The molecule has 1 aliphatic carbocycles. The van der Waals surface area contributed by atoms with E-state index in [1.165, 1.54) is 32.1 Å². The van der Waals surface area contributed by atoms with E-state index in [1.807, 2.05) is 23.1 Å². The summed E-state index contributed by atoms with van der Waals surface area (Å²) in [7, 11) is 0. The summed E-state index contributed by atoms with van der Waals surface area (Å²) in [6.45, 7) is 0.727. The predicted octanol–water partition coefficient (Wildman–Crippen LogP) is 4.13. The highest BCUT2D eigenvalue weighted by molar-refractivity contribution is 7.99. The van der Waals surface area contributed by atoms with E-state index in [-0.39, 0.29) is 18.2 Å². The first-order valence-corrected chi connectivity index (χ1v) is 10.5. The second-order valence-electron chi connectivity index (χ2n) is 6.97. The van der Waals surface area contributed by atoms with Gasteiger partial charge in [-0.2, -0.15) is 0 Å². The lowest BCUT2D eigenvalue weighted by atomic mass is 9.96. The number of amides is 2. The van der Waals surface area contributed by atoms with Crippen LogP contribution in [0, 0.1) is 0 Å². The van der Waals surface area contributed by atoms with Gasteiger partial charge in [-0.3, -0.25) is 9.59 Å². The Morgan fingerprint density at radius 2 is 1.76 bits per heavy atom. The molecule has 0 radical (unpaired) electrons. The van der Waals surface area contributed by atoms with E-state index >= 15 is 0 Å². The molecule has 5 heteroatoms. The van der Waals surface area contributed by atoms with Crippen molar-refractivity contribution in [2.24, 2.45) is 0 Å². The van der Waals surface area contributed by atoms with Gasteiger partial charge in [-0.05, 0) is 25.0 Å². The molecule has 0 bridgehead atoms. The molecular weight excluding hydrogens is 332 g/mol. The topological polar surface area (TPSA) is 49.4 Å². The van der Waals surface area contributed by atoms with Crippen molar-refractivity contribution >= 4 is 29.3 Å². The smallest absolute Gasteiger partial charge is 0.227 e. The Labute approximate surface area is 154 Å². The van der Waals surface area contributed by atoms with Crippen molar-refractivity contribution in [2.75, 3.05) is 17.2 Å². The number of para-hydroxylation sites is 1. The molecule has 1 N–H and O–H groups in total. The van der Waals surface area contributed by atoms with Gasteiger partial charge in [0.15, 0.2) is 0 Å². The lowest BCUT2D eigenvalue weighted by Crippen LogP contribution is -2.38. The van der Waals surface area contributed by atoms with Crippen molar-refractivity contribution in [3.8, 4) is 0 Å². The van der Waals surface area contributed by atoms with E-state index in [1.54, 1.807) is 11.8 Å². The van der Waals surface area contributed by atoms with Crippen molar-refractivity contribution in [1.82, 2.24) is 5.32 Å². The molecule has 1 aromatic rings. The van der Waals surface area contributed by atoms with Crippen LogP contribution in [0.1, 0.15) is 57.8 Å². The molecule has 2 amide bonds. The quantitative estimate of drug-likeness (QED) is 0.878. The van der Waals surface area contributed by atoms with Crippen LogP contribution in [0.3, 0.4) is 0 Å². The maximum absolute atomic E-state index is 12.6. The SMILES string of the molecule is O=C(CCC(=O)N1CCSc2ccccc21)NC1CCCCCCC1. The normalized spacial score (nSPS) is 18.8. The Balaban J connectivity index is 1.48. The van der Waals surface area contributed by atoms with E-state index in [0.717, 1.165) is 35.7 Å². The molecule has 1 saturated carbocycles. The highest BCUT2D eigenvalue weighted by Crippen LogP contribution is 2.34. The van der Waals surface area contributed by atoms with Gasteiger partial charge in [0, 0.05) is 36.1 Å². The fourth-order valence-electron chi connectivity index (χ4n) is 3.68. The van der Waals surface area contributed by atoms with Crippen LogP contribution in [0.5, 0.6) is 0 Å². The third-order valence-electron chi connectivity index (χ3n) is 5.07.